The first-order valence-corrected chi connectivity index (χ1v) is 5.60. The summed E-state index contributed by atoms with van der Waals surface area (Å²) in [4.78, 5) is 0. The number of rotatable bonds is 5. The Labute approximate surface area is 99.1 Å². The van der Waals surface area contributed by atoms with Gasteiger partial charge in [0.2, 0.25) is 0 Å². The number of hydrogen-bond donors (Lipinski definition) is 1. The summed E-state index contributed by atoms with van der Waals surface area (Å²) in [6, 6.07) is -0.199. The standard InChI is InChI=1S/C4H11N3.C3H8N2.ClH.Co/c5-1-3-7-4-2-6;1-3(5)2-4;;/h5-7H,1-4H2;3-5H,2H2,1H3;1H;/q2*-2;;+3/p-1. The van der Waals surface area contributed by atoms with Crippen LogP contribution >= 0.6 is 10.1 Å². The molecule has 5 N–H and O–H groups in total. The van der Waals surface area contributed by atoms with E-state index in [1.807, 2.05) is 0 Å². The Bertz CT molecular complexity index is 73.1. The van der Waals surface area contributed by atoms with E-state index >= 15 is 0 Å². The van der Waals surface area contributed by atoms with Crippen LogP contribution < -0.4 is 5.32 Å². The molecule has 0 bridgehead atoms. The maximum atomic E-state index is 6.66. The van der Waals surface area contributed by atoms with E-state index in [1.54, 1.807) is 6.92 Å². The zero-order valence-electron chi connectivity index (χ0n) is 8.32. The Morgan fingerprint density at radius 3 is 1.57 bits per heavy atom. The van der Waals surface area contributed by atoms with Crippen LogP contribution in [0.4, 0.5) is 0 Å². The van der Waals surface area contributed by atoms with Crippen LogP contribution in [0.3, 0.4) is 0 Å². The van der Waals surface area contributed by atoms with E-state index in [4.69, 9.17) is 22.9 Å². The van der Waals surface area contributed by atoms with Gasteiger partial charge in [0, 0.05) is 0 Å². The van der Waals surface area contributed by atoms with Crippen LogP contribution in [0, 0.1) is 0 Å². The van der Waals surface area contributed by atoms with Crippen LogP contribution in [0.25, 0.3) is 22.9 Å². The van der Waals surface area contributed by atoms with Gasteiger partial charge in [0.15, 0.2) is 0 Å². The van der Waals surface area contributed by atoms with E-state index in [2.05, 4.69) is 30.3 Å². The molecule has 0 heterocycles. The van der Waals surface area contributed by atoms with Gasteiger partial charge in [-0.2, -0.15) is 12.6 Å². The molecule has 0 aromatic rings. The molecule has 1 unspecified atom stereocenters. The van der Waals surface area contributed by atoms with Crippen molar-refractivity contribution >= 4 is 10.1 Å². The predicted octanol–water partition coefficient (Wildman–Crippen LogP) is 2.85. The summed E-state index contributed by atoms with van der Waals surface area (Å²) in [7, 11) is 4.33. The van der Waals surface area contributed by atoms with Crippen molar-refractivity contribution in [3.63, 3.8) is 0 Å². The molecule has 0 aromatic heterocycles. The summed E-state index contributed by atoms with van der Waals surface area (Å²) in [5, 5.41) is 2.91. The van der Waals surface area contributed by atoms with E-state index in [-0.39, 0.29) is 12.6 Å². The van der Waals surface area contributed by atoms with E-state index in [1.165, 1.54) is 0 Å². The summed E-state index contributed by atoms with van der Waals surface area (Å²) < 4.78 is 0. The third-order valence-electron chi connectivity index (χ3n) is 0.910. The fourth-order valence-corrected chi connectivity index (χ4v) is 0.302. The summed E-state index contributed by atoms with van der Waals surface area (Å²) in [6.45, 7) is 4.20. The monoisotopic (exact) mass is 267 g/mol. The van der Waals surface area contributed by atoms with Crippen molar-refractivity contribution in [1.82, 2.24) is 5.32 Å². The van der Waals surface area contributed by atoms with Crippen molar-refractivity contribution in [2.45, 2.75) is 13.0 Å². The van der Waals surface area contributed by atoms with Crippen molar-refractivity contribution in [2.75, 3.05) is 32.7 Å². The van der Waals surface area contributed by atoms with Gasteiger partial charge in [0.1, 0.15) is 0 Å². The van der Waals surface area contributed by atoms with Gasteiger partial charge in [-0.25, -0.2) is 0 Å². The topological polar surface area (TPSA) is 107 Å². The van der Waals surface area contributed by atoms with Crippen LogP contribution in [0.2, 0.25) is 0 Å². The Morgan fingerprint density at radius 1 is 1.14 bits per heavy atom. The predicted molar refractivity (Wildman–Crippen MR) is 60.1 cm³/mol. The minimum Gasteiger partial charge on any atom is -0.676 e. The fraction of sp³-hybridized carbons (Fsp3) is 1.00. The fourth-order valence-electron chi connectivity index (χ4n) is 0.302. The number of hydrogen-bond acceptors (Lipinski definition) is 1. The Morgan fingerprint density at radius 2 is 1.43 bits per heavy atom. The van der Waals surface area contributed by atoms with Crippen molar-refractivity contribution in [3.8, 4) is 0 Å². The van der Waals surface area contributed by atoms with Gasteiger partial charge in [0.25, 0.3) is 0 Å². The second-order valence-corrected chi connectivity index (χ2v) is 2.36. The average molecular weight is 268 g/mol. The largest absolute Gasteiger partial charge is 0.676 e. The third-order valence-corrected chi connectivity index (χ3v) is 0.910. The van der Waals surface area contributed by atoms with E-state index < -0.39 is 0 Å². The molecule has 1 atom stereocenters. The molecule has 90 valence electrons. The normalized spacial score (nSPS) is 10.5. The van der Waals surface area contributed by atoms with Gasteiger partial charge in [-0.3, -0.25) is 0 Å². The Hall–Kier alpha value is 0.596. The molecule has 0 spiro atoms. The molecule has 14 heavy (non-hydrogen) atoms. The van der Waals surface area contributed by atoms with Gasteiger partial charge in [0.05, 0.1) is 0 Å². The summed E-state index contributed by atoms with van der Waals surface area (Å²) in [5.74, 6) is 0. The van der Waals surface area contributed by atoms with Crippen LogP contribution in [0.1, 0.15) is 6.92 Å². The first-order chi connectivity index (χ1) is 6.68. The molecule has 0 amide bonds. The van der Waals surface area contributed by atoms with Crippen LogP contribution in [0.5, 0.6) is 0 Å². The second-order valence-electron chi connectivity index (χ2n) is 2.36. The smallest absolute Gasteiger partial charge is 0.0240 e. The van der Waals surface area contributed by atoms with Crippen LogP contribution in [-0.2, 0) is 14.8 Å². The molecule has 0 aliphatic heterocycles. The van der Waals surface area contributed by atoms with Crippen LogP contribution in [0.15, 0.2) is 0 Å². The molecule has 0 aliphatic rings. The molecule has 0 saturated heterocycles. The maximum absolute atomic E-state index is 6.66. The SMILES string of the molecule is CC([NH-])C[NH-].[Cl][Co+2].[NH-]CCNCC[NH-]. The number of nitrogens with one attached hydrogen (secondary N) is 5. The molecule has 0 rings (SSSR count). The van der Waals surface area contributed by atoms with E-state index in [9.17, 15) is 0 Å². The Balaban J connectivity index is -0.000000152. The second kappa shape index (κ2) is 23.4. The van der Waals surface area contributed by atoms with E-state index in [0.717, 1.165) is 13.1 Å². The molecular weight excluding hydrogens is 248 g/mol. The third kappa shape index (κ3) is 38.9. The van der Waals surface area contributed by atoms with Gasteiger partial charge in [-0.15, -0.1) is 13.1 Å². The zero-order chi connectivity index (χ0) is 11.8. The summed E-state index contributed by atoms with van der Waals surface area (Å²) >= 11 is 3.03. The van der Waals surface area contributed by atoms with Crippen molar-refractivity contribution in [1.29, 1.82) is 0 Å². The van der Waals surface area contributed by atoms with Crippen molar-refractivity contribution < 1.29 is 14.8 Å². The molecule has 0 saturated carbocycles. The molecule has 0 aromatic carbocycles. The van der Waals surface area contributed by atoms with Gasteiger partial charge >= 0.3 is 25.0 Å². The van der Waals surface area contributed by atoms with E-state index in [0.29, 0.717) is 13.1 Å². The average Bonchev–Trinajstić information content (AvgIpc) is 2.22. The molecule has 0 radical (unpaired) electrons. The first-order valence-electron chi connectivity index (χ1n) is 4.17. The minimum atomic E-state index is -0.199. The molecule has 7 heteroatoms. The quantitative estimate of drug-likeness (QED) is 0.760. The summed E-state index contributed by atoms with van der Waals surface area (Å²) in [6.07, 6.45) is 0. The van der Waals surface area contributed by atoms with Gasteiger partial charge < -0.3 is 28.3 Å². The molecular formula is C7H19ClCoN5-2. The molecule has 0 fully saturated rings. The van der Waals surface area contributed by atoms with Crippen molar-refractivity contribution in [3.05, 3.63) is 22.9 Å². The maximum Gasteiger partial charge on any atom is -0.0240 e. The molecule has 0 aliphatic carbocycles. The van der Waals surface area contributed by atoms with Crippen LogP contribution in [-0.4, -0.2) is 38.8 Å². The Kier molecular flexibility index (Phi) is 33.6. The minimum absolute atomic E-state index is 0.199. The molecule has 5 nitrogen and oxygen atoms in total. The first kappa shape index (κ1) is 20.1. The van der Waals surface area contributed by atoms with Gasteiger partial charge in [-0.05, 0) is 13.1 Å². The summed E-state index contributed by atoms with van der Waals surface area (Å²) in [5.41, 5.74) is 26.4. The van der Waals surface area contributed by atoms with Crippen molar-refractivity contribution in [2.24, 2.45) is 0 Å². The zero-order valence-corrected chi connectivity index (χ0v) is 10.1. The number of halogens is 1. The van der Waals surface area contributed by atoms with Gasteiger partial charge in [-0.1, -0.05) is 6.92 Å².